The van der Waals surface area contributed by atoms with Crippen LogP contribution >= 0.6 is 11.8 Å². The molecule has 4 aromatic rings. The predicted molar refractivity (Wildman–Crippen MR) is 111 cm³/mol. The molecule has 2 heterocycles. The second-order valence-corrected chi connectivity index (χ2v) is 7.76. The number of fused-ring (bicyclic) bond motifs is 3. The third-order valence-electron chi connectivity index (χ3n) is 4.44. The van der Waals surface area contributed by atoms with Crippen LogP contribution in [0.25, 0.3) is 16.6 Å². The molecule has 1 unspecified atom stereocenters. The van der Waals surface area contributed by atoms with Crippen LogP contribution in [0.2, 0.25) is 0 Å². The van der Waals surface area contributed by atoms with E-state index in [1.54, 1.807) is 24.3 Å². The number of anilines is 1. The van der Waals surface area contributed by atoms with Crippen molar-refractivity contribution in [3.63, 3.8) is 0 Å². The highest BCUT2D eigenvalue weighted by Gasteiger charge is 2.19. The Kier molecular flexibility index (Phi) is 4.83. The maximum Gasteiger partial charge on any atom is 0.237 e. The summed E-state index contributed by atoms with van der Waals surface area (Å²) < 4.78 is 1.96. The van der Waals surface area contributed by atoms with Crippen LogP contribution in [0, 0.1) is 0 Å². The Labute approximate surface area is 166 Å². The molecule has 1 amide bonds. The van der Waals surface area contributed by atoms with E-state index >= 15 is 0 Å². The fraction of sp³-hybridized carbons (Fsp3) is 0.143. The number of Topliss-reactive ketones (excluding diaryl/α,β-unsaturated/α-hetero) is 1. The van der Waals surface area contributed by atoms with Crippen molar-refractivity contribution >= 4 is 45.7 Å². The SMILES string of the molecule is CC(=O)c1cccc(NC(=O)C(C)Sc2nnc3ccc4ccccc4n23)c1. The molecule has 6 nitrogen and oxygen atoms in total. The fourth-order valence-electron chi connectivity index (χ4n) is 2.96. The molecule has 0 aliphatic heterocycles. The number of ketones is 1. The summed E-state index contributed by atoms with van der Waals surface area (Å²) in [4.78, 5) is 24.2. The Morgan fingerprint density at radius 1 is 1.04 bits per heavy atom. The Bertz CT molecular complexity index is 1200. The zero-order valence-electron chi connectivity index (χ0n) is 15.4. The Morgan fingerprint density at radius 3 is 2.68 bits per heavy atom. The molecule has 0 fully saturated rings. The largest absolute Gasteiger partial charge is 0.325 e. The number of nitrogens with one attached hydrogen (secondary N) is 1. The molecule has 0 aliphatic rings. The van der Waals surface area contributed by atoms with Crippen LogP contribution in [0.5, 0.6) is 0 Å². The van der Waals surface area contributed by atoms with E-state index in [0.717, 1.165) is 16.6 Å². The minimum Gasteiger partial charge on any atom is -0.325 e. The number of carbonyl (C=O) groups is 2. The molecule has 0 saturated heterocycles. The molecule has 1 N–H and O–H groups in total. The number of rotatable bonds is 5. The minimum atomic E-state index is -0.396. The van der Waals surface area contributed by atoms with E-state index in [4.69, 9.17) is 0 Å². The van der Waals surface area contributed by atoms with Gasteiger partial charge < -0.3 is 5.32 Å². The van der Waals surface area contributed by atoms with E-state index in [0.29, 0.717) is 16.4 Å². The van der Waals surface area contributed by atoms with Crippen molar-refractivity contribution in [2.75, 3.05) is 5.32 Å². The average molecular weight is 390 g/mol. The number of carbonyl (C=O) groups excluding carboxylic acids is 2. The van der Waals surface area contributed by atoms with Crippen molar-refractivity contribution in [2.45, 2.75) is 24.3 Å². The van der Waals surface area contributed by atoms with Gasteiger partial charge in [-0.3, -0.25) is 14.0 Å². The maximum atomic E-state index is 12.6. The van der Waals surface area contributed by atoms with Crippen molar-refractivity contribution in [1.29, 1.82) is 0 Å². The van der Waals surface area contributed by atoms with Gasteiger partial charge in [-0.15, -0.1) is 10.2 Å². The summed E-state index contributed by atoms with van der Waals surface area (Å²) in [5.41, 5.74) is 2.90. The normalized spacial score (nSPS) is 12.2. The molecule has 4 rings (SSSR count). The van der Waals surface area contributed by atoms with E-state index in [-0.39, 0.29) is 11.7 Å². The fourth-order valence-corrected chi connectivity index (χ4v) is 3.83. The quantitative estimate of drug-likeness (QED) is 0.408. The first kappa shape index (κ1) is 18.2. The van der Waals surface area contributed by atoms with Crippen molar-refractivity contribution < 1.29 is 9.59 Å². The summed E-state index contributed by atoms with van der Waals surface area (Å²) in [5, 5.41) is 12.7. The molecule has 0 saturated carbocycles. The van der Waals surface area contributed by atoms with Gasteiger partial charge in [0.25, 0.3) is 0 Å². The van der Waals surface area contributed by atoms with Gasteiger partial charge in [-0.05, 0) is 49.6 Å². The molecular formula is C21H18N4O2S. The number of hydrogen-bond acceptors (Lipinski definition) is 5. The van der Waals surface area contributed by atoms with E-state index in [2.05, 4.69) is 15.5 Å². The maximum absolute atomic E-state index is 12.6. The van der Waals surface area contributed by atoms with E-state index in [1.165, 1.54) is 18.7 Å². The van der Waals surface area contributed by atoms with Gasteiger partial charge in [-0.25, -0.2) is 0 Å². The number of aromatic nitrogens is 3. The third-order valence-corrected chi connectivity index (χ3v) is 5.48. The number of thioether (sulfide) groups is 1. The summed E-state index contributed by atoms with van der Waals surface area (Å²) in [6.45, 7) is 3.32. The summed E-state index contributed by atoms with van der Waals surface area (Å²) in [6.07, 6.45) is 0. The van der Waals surface area contributed by atoms with Gasteiger partial charge in [0.2, 0.25) is 5.91 Å². The molecule has 0 radical (unpaired) electrons. The van der Waals surface area contributed by atoms with Gasteiger partial charge in [0.05, 0.1) is 10.8 Å². The highest BCUT2D eigenvalue weighted by atomic mass is 32.2. The number of hydrogen-bond donors (Lipinski definition) is 1. The lowest BCUT2D eigenvalue weighted by Crippen LogP contribution is -2.22. The molecule has 28 heavy (non-hydrogen) atoms. The number of benzene rings is 2. The Balaban J connectivity index is 1.57. The molecule has 140 valence electrons. The number of para-hydroxylation sites is 1. The molecule has 2 aromatic carbocycles. The van der Waals surface area contributed by atoms with Crippen LogP contribution in [0.4, 0.5) is 5.69 Å². The van der Waals surface area contributed by atoms with Gasteiger partial charge in [-0.1, -0.05) is 42.1 Å². The molecule has 2 aromatic heterocycles. The Hall–Kier alpha value is -3.19. The van der Waals surface area contributed by atoms with Crippen molar-refractivity contribution in [3.05, 3.63) is 66.2 Å². The van der Waals surface area contributed by atoms with Crippen molar-refractivity contribution in [1.82, 2.24) is 14.6 Å². The van der Waals surface area contributed by atoms with Gasteiger partial charge in [-0.2, -0.15) is 0 Å². The zero-order valence-corrected chi connectivity index (χ0v) is 16.2. The lowest BCUT2D eigenvalue weighted by atomic mass is 10.1. The van der Waals surface area contributed by atoms with Crippen LogP contribution < -0.4 is 5.32 Å². The number of nitrogens with zero attached hydrogens (tertiary/aromatic N) is 3. The van der Waals surface area contributed by atoms with Crippen LogP contribution in [-0.4, -0.2) is 31.5 Å². The highest BCUT2D eigenvalue weighted by molar-refractivity contribution is 8.00. The lowest BCUT2D eigenvalue weighted by Gasteiger charge is -2.12. The molecule has 1 atom stereocenters. The third kappa shape index (κ3) is 3.48. The predicted octanol–water partition coefficient (Wildman–Crippen LogP) is 4.20. The summed E-state index contributed by atoms with van der Waals surface area (Å²) in [5.74, 6) is -0.206. The second-order valence-electron chi connectivity index (χ2n) is 6.45. The van der Waals surface area contributed by atoms with E-state index < -0.39 is 5.25 Å². The monoisotopic (exact) mass is 390 g/mol. The first-order chi connectivity index (χ1) is 13.5. The van der Waals surface area contributed by atoms with Crippen LogP contribution in [-0.2, 0) is 4.79 Å². The molecule has 0 spiro atoms. The van der Waals surface area contributed by atoms with Gasteiger partial charge in [0.15, 0.2) is 16.6 Å². The van der Waals surface area contributed by atoms with Crippen LogP contribution in [0.15, 0.2) is 65.8 Å². The van der Waals surface area contributed by atoms with Crippen LogP contribution in [0.1, 0.15) is 24.2 Å². The molecular weight excluding hydrogens is 372 g/mol. The van der Waals surface area contributed by atoms with E-state index in [1.807, 2.05) is 47.7 Å². The highest BCUT2D eigenvalue weighted by Crippen LogP contribution is 2.26. The molecule has 0 bridgehead atoms. The first-order valence-electron chi connectivity index (χ1n) is 8.84. The second kappa shape index (κ2) is 7.44. The van der Waals surface area contributed by atoms with Gasteiger partial charge in [0, 0.05) is 11.3 Å². The topological polar surface area (TPSA) is 76.4 Å². The number of pyridine rings is 1. The van der Waals surface area contributed by atoms with E-state index in [9.17, 15) is 9.59 Å². The summed E-state index contributed by atoms with van der Waals surface area (Å²) >= 11 is 1.34. The van der Waals surface area contributed by atoms with Crippen molar-refractivity contribution in [2.24, 2.45) is 0 Å². The average Bonchev–Trinajstić information content (AvgIpc) is 3.11. The molecule has 0 aliphatic carbocycles. The minimum absolute atomic E-state index is 0.0414. The van der Waals surface area contributed by atoms with Gasteiger partial charge >= 0.3 is 0 Å². The van der Waals surface area contributed by atoms with Crippen molar-refractivity contribution in [3.8, 4) is 0 Å². The van der Waals surface area contributed by atoms with Crippen LogP contribution in [0.3, 0.4) is 0 Å². The standard InChI is InChI=1S/C21H18N4O2S/c1-13(26)16-7-5-8-17(12-16)22-20(27)14(2)28-21-24-23-19-11-10-15-6-3-4-9-18(15)25(19)21/h3-12,14H,1-2H3,(H,22,27). The summed E-state index contributed by atoms with van der Waals surface area (Å²) in [6, 6.07) is 18.8. The lowest BCUT2D eigenvalue weighted by molar-refractivity contribution is -0.115. The smallest absolute Gasteiger partial charge is 0.237 e. The first-order valence-corrected chi connectivity index (χ1v) is 9.72. The Morgan fingerprint density at radius 2 is 1.86 bits per heavy atom. The van der Waals surface area contributed by atoms with Gasteiger partial charge in [0.1, 0.15) is 0 Å². The molecule has 7 heteroatoms. The summed E-state index contributed by atoms with van der Waals surface area (Å²) in [7, 11) is 0. The number of amides is 1. The zero-order chi connectivity index (χ0) is 19.7.